The fraction of sp³-hybridized carbons (Fsp3) is 0.259. The highest BCUT2D eigenvalue weighted by atomic mass is 16.5. The maximum atomic E-state index is 13.2. The van der Waals surface area contributed by atoms with Gasteiger partial charge in [-0.3, -0.25) is 4.79 Å². The van der Waals surface area contributed by atoms with E-state index in [-0.39, 0.29) is 17.1 Å². The summed E-state index contributed by atoms with van der Waals surface area (Å²) in [4.78, 5) is 25.9. The Hall–Kier alpha value is -4.00. The fourth-order valence-corrected chi connectivity index (χ4v) is 3.97. The Balaban J connectivity index is 1.42. The van der Waals surface area contributed by atoms with Crippen molar-refractivity contribution in [1.82, 2.24) is 10.6 Å². The number of phenols is 1. The quantitative estimate of drug-likeness (QED) is 0.389. The van der Waals surface area contributed by atoms with Crippen LogP contribution in [0.15, 0.2) is 78.9 Å². The van der Waals surface area contributed by atoms with Gasteiger partial charge in [-0.1, -0.05) is 42.5 Å². The van der Waals surface area contributed by atoms with Crippen LogP contribution in [-0.4, -0.2) is 36.7 Å². The van der Waals surface area contributed by atoms with Crippen LogP contribution < -0.4 is 20.7 Å². The molecule has 7 heteroatoms. The summed E-state index contributed by atoms with van der Waals surface area (Å²) in [6.07, 6.45) is 2.33. The molecule has 1 fully saturated rings. The van der Waals surface area contributed by atoms with Gasteiger partial charge in [0.1, 0.15) is 17.5 Å². The highest BCUT2D eigenvalue weighted by molar-refractivity contribution is 5.94. The summed E-state index contributed by atoms with van der Waals surface area (Å²) < 4.78 is 5.14. The molecule has 4 rings (SSSR count). The molecule has 4 N–H and O–H groups in total. The molecule has 34 heavy (non-hydrogen) atoms. The minimum Gasteiger partial charge on any atom is -0.508 e. The molecule has 0 unspecified atom stereocenters. The Bertz CT molecular complexity index is 1110. The molecular formula is C27H29N3O4. The molecule has 1 saturated carbocycles. The van der Waals surface area contributed by atoms with E-state index in [1.165, 1.54) is 5.56 Å². The maximum absolute atomic E-state index is 13.2. The molecule has 1 aliphatic carbocycles. The van der Waals surface area contributed by atoms with Crippen LogP contribution in [0, 0.1) is 0 Å². The molecule has 0 spiro atoms. The number of amides is 3. The lowest BCUT2D eigenvalue weighted by Gasteiger charge is -2.22. The second kappa shape index (κ2) is 10.3. The SMILES string of the molecule is COc1ccc(NC(=O)N[C@@H](Cc2ccc(O)cc2)C(=O)NCC2(c3ccccc3)CC2)cc1. The standard InChI is InChI=1S/C27H29N3O4/c1-34-23-13-9-21(10-14-23)29-26(33)30-24(17-19-7-11-22(31)12-8-19)25(32)28-18-27(15-16-27)20-5-3-2-4-6-20/h2-14,24,31H,15-18H2,1H3,(H,28,32)(H2,29,30,33)/t24-/m0/s1. The van der Waals surface area contributed by atoms with Gasteiger partial charge in [0.2, 0.25) is 5.91 Å². The fourth-order valence-electron chi connectivity index (χ4n) is 3.97. The van der Waals surface area contributed by atoms with Gasteiger partial charge in [-0.15, -0.1) is 0 Å². The molecule has 1 aliphatic rings. The Morgan fingerprint density at radius 1 is 0.971 bits per heavy atom. The van der Waals surface area contributed by atoms with E-state index in [1.54, 1.807) is 55.6 Å². The largest absolute Gasteiger partial charge is 0.508 e. The van der Waals surface area contributed by atoms with E-state index in [1.807, 2.05) is 18.2 Å². The second-order valence-corrected chi connectivity index (χ2v) is 8.61. The third kappa shape index (κ3) is 5.86. The van der Waals surface area contributed by atoms with E-state index in [4.69, 9.17) is 4.74 Å². The number of carbonyl (C=O) groups is 2. The van der Waals surface area contributed by atoms with Crippen LogP contribution in [-0.2, 0) is 16.6 Å². The summed E-state index contributed by atoms with van der Waals surface area (Å²) in [5.41, 5.74) is 2.59. The van der Waals surface area contributed by atoms with Crippen molar-refractivity contribution in [3.8, 4) is 11.5 Å². The topological polar surface area (TPSA) is 99.7 Å². The first-order chi connectivity index (χ1) is 16.5. The summed E-state index contributed by atoms with van der Waals surface area (Å²) in [5.74, 6) is 0.580. The van der Waals surface area contributed by atoms with Gasteiger partial charge in [-0.25, -0.2) is 4.79 Å². The maximum Gasteiger partial charge on any atom is 0.319 e. The van der Waals surface area contributed by atoms with E-state index in [0.717, 1.165) is 18.4 Å². The Morgan fingerprint density at radius 3 is 2.26 bits per heavy atom. The number of aromatic hydroxyl groups is 1. The average Bonchev–Trinajstić information content (AvgIpc) is 3.66. The van der Waals surface area contributed by atoms with Crippen LogP contribution in [0.2, 0.25) is 0 Å². The zero-order valence-corrected chi connectivity index (χ0v) is 19.1. The average molecular weight is 460 g/mol. The van der Waals surface area contributed by atoms with Crippen molar-refractivity contribution in [2.45, 2.75) is 30.7 Å². The molecule has 0 aromatic heterocycles. The van der Waals surface area contributed by atoms with Crippen LogP contribution >= 0.6 is 0 Å². The van der Waals surface area contributed by atoms with Crippen molar-refractivity contribution < 1.29 is 19.4 Å². The van der Waals surface area contributed by atoms with Crippen molar-refractivity contribution in [1.29, 1.82) is 0 Å². The lowest BCUT2D eigenvalue weighted by molar-refractivity contribution is -0.123. The van der Waals surface area contributed by atoms with Crippen LogP contribution in [0.5, 0.6) is 11.5 Å². The van der Waals surface area contributed by atoms with Gasteiger partial charge in [-0.2, -0.15) is 0 Å². The number of anilines is 1. The van der Waals surface area contributed by atoms with E-state index < -0.39 is 12.1 Å². The summed E-state index contributed by atoms with van der Waals surface area (Å²) in [6.45, 7) is 0.518. The first-order valence-corrected chi connectivity index (χ1v) is 11.3. The zero-order chi connectivity index (χ0) is 24.0. The molecule has 0 aliphatic heterocycles. The van der Waals surface area contributed by atoms with Gasteiger partial charge < -0.3 is 25.8 Å². The van der Waals surface area contributed by atoms with Gasteiger partial charge in [0.05, 0.1) is 7.11 Å². The Kier molecular flexibility index (Phi) is 7.01. The molecule has 0 heterocycles. The molecular weight excluding hydrogens is 430 g/mol. The number of nitrogens with one attached hydrogen (secondary N) is 3. The van der Waals surface area contributed by atoms with Crippen LogP contribution in [0.3, 0.4) is 0 Å². The molecule has 3 aromatic rings. The van der Waals surface area contributed by atoms with E-state index in [2.05, 4.69) is 28.1 Å². The second-order valence-electron chi connectivity index (χ2n) is 8.61. The lowest BCUT2D eigenvalue weighted by atomic mass is 9.95. The number of methoxy groups -OCH3 is 1. The van der Waals surface area contributed by atoms with Crippen LogP contribution in [0.1, 0.15) is 24.0 Å². The number of phenolic OH excluding ortho intramolecular Hbond substituents is 1. The molecule has 176 valence electrons. The molecule has 0 saturated heterocycles. The zero-order valence-electron chi connectivity index (χ0n) is 19.1. The first kappa shape index (κ1) is 23.2. The summed E-state index contributed by atoms with van der Waals surface area (Å²) >= 11 is 0. The molecule has 7 nitrogen and oxygen atoms in total. The highest BCUT2D eigenvalue weighted by Gasteiger charge is 2.44. The molecule has 3 aromatic carbocycles. The number of ether oxygens (including phenoxy) is 1. The third-order valence-electron chi connectivity index (χ3n) is 6.19. The van der Waals surface area contributed by atoms with Gasteiger partial charge in [0.15, 0.2) is 0 Å². The predicted molar refractivity (Wildman–Crippen MR) is 131 cm³/mol. The van der Waals surface area contributed by atoms with E-state index >= 15 is 0 Å². The van der Waals surface area contributed by atoms with Gasteiger partial charge in [0, 0.05) is 24.1 Å². The minimum atomic E-state index is -0.783. The summed E-state index contributed by atoms with van der Waals surface area (Å²) in [5, 5.41) is 18.2. The van der Waals surface area contributed by atoms with Crippen LogP contribution in [0.25, 0.3) is 0 Å². The van der Waals surface area contributed by atoms with Crippen LogP contribution in [0.4, 0.5) is 10.5 Å². The molecule has 3 amide bonds. The van der Waals surface area contributed by atoms with Crippen molar-refractivity contribution in [3.05, 3.63) is 90.0 Å². The highest BCUT2D eigenvalue weighted by Crippen LogP contribution is 2.47. The number of hydrogen-bond donors (Lipinski definition) is 4. The third-order valence-corrected chi connectivity index (χ3v) is 6.19. The minimum absolute atomic E-state index is 0.0363. The number of urea groups is 1. The van der Waals surface area contributed by atoms with Crippen molar-refractivity contribution in [2.24, 2.45) is 0 Å². The Labute approximate surface area is 199 Å². The summed E-state index contributed by atoms with van der Waals surface area (Å²) in [7, 11) is 1.57. The van der Waals surface area contributed by atoms with E-state index in [9.17, 15) is 14.7 Å². The number of hydrogen-bond acceptors (Lipinski definition) is 4. The number of benzene rings is 3. The molecule has 1 atom stereocenters. The Morgan fingerprint density at radius 2 is 1.65 bits per heavy atom. The summed E-state index contributed by atoms with van der Waals surface area (Å²) in [6, 6.07) is 22.5. The lowest BCUT2D eigenvalue weighted by Crippen LogP contribution is -2.50. The van der Waals surface area contributed by atoms with Gasteiger partial charge in [0.25, 0.3) is 0 Å². The van der Waals surface area contributed by atoms with Gasteiger partial charge >= 0.3 is 6.03 Å². The molecule has 0 bridgehead atoms. The van der Waals surface area contributed by atoms with Gasteiger partial charge in [-0.05, 0) is 60.4 Å². The monoisotopic (exact) mass is 459 g/mol. The number of rotatable bonds is 9. The van der Waals surface area contributed by atoms with E-state index in [0.29, 0.717) is 24.4 Å². The normalized spacial score (nSPS) is 14.5. The van der Waals surface area contributed by atoms with Crippen molar-refractivity contribution in [2.75, 3.05) is 19.0 Å². The first-order valence-electron chi connectivity index (χ1n) is 11.3. The molecule has 0 radical (unpaired) electrons. The smallest absolute Gasteiger partial charge is 0.319 e. The van der Waals surface area contributed by atoms with Crippen molar-refractivity contribution >= 4 is 17.6 Å². The number of carbonyl (C=O) groups excluding carboxylic acids is 2. The van der Waals surface area contributed by atoms with Crippen molar-refractivity contribution in [3.63, 3.8) is 0 Å². The predicted octanol–water partition coefficient (Wildman–Crippen LogP) is 3.98.